The SMILES string of the molecule is CC[C@@](C)(/C=C/c1ccccc1)C[Si](C)(C)c1ccccc1. The van der Waals surface area contributed by atoms with Crippen molar-refractivity contribution < 1.29 is 0 Å². The van der Waals surface area contributed by atoms with Crippen molar-refractivity contribution in [1.82, 2.24) is 0 Å². The maximum absolute atomic E-state index is 2.49. The van der Waals surface area contributed by atoms with Gasteiger partial charge in [-0.15, -0.1) is 0 Å². The Morgan fingerprint density at radius 2 is 1.45 bits per heavy atom. The fourth-order valence-corrected chi connectivity index (χ4v) is 6.85. The van der Waals surface area contributed by atoms with Gasteiger partial charge in [0.2, 0.25) is 0 Å². The molecule has 0 aliphatic rings. The summed E-state index contributed by atoms with van der Waals surface area (Å²) in [5.74, 6) is 0. The van der Waals surface area contributed by atoms with Gasteiger partial charge in [0, 0.05) is 0 Å². The Bertz CT molecular complexity index is 598. The number of rotatable bonds is 6. The molecule has 0 amide bonds. The lowest BCUT2D eigenvalue weighted by molar-refractivity contribution is 0.458. The summed E-state index contributed by atoms with van der Waals surface area (Å²) in [6, 6.07) is 23.0. The van der Waals surface area contributed by atoms with E-state index in [1.165, 1.54) is 18.0 Å². The zero-order valence-corrected chi connectivity index (χ0v) is 15.3. The van der Waals surface area contributed by atoms with Crippen LogP contribution in [0.5, 0.6) is 0 Å². The predicted molar refractivity (Wildman–Crippen MR) is 102 cm³/mol. The van der Waals surface area contributed by atoms with Gasteiger partial charge in [-0.25, -0.2) is 0 Å². The topological polar surface area (TPSA) is 0 Å². The summed E-state index contributed by atoms with van der Waals surface area (Å²) in [5, 5.41) is 1.56. The molecule has 0 unspecified atom stereocenters. The summed E-state index contributed by atoms with van der Waals surface area (Å²) in [4.78, 5) is 0. The van der Waals surface area contributed by atoms with Crippen LogP contribution in [0.3, 0.4) is 0 Å². The van der Waals surface area contributed by atoms with E-state index < -0.39 is 8.07 Å². The molecule has 0 aliphatic carbocycles. The number of benzene rings is 2. The molecule has 1 atom stereocenters. The van der Waals surface area contributed by atoms with Gasteiger partial charge >= 0.3 is 0 Å². The highest BCUT2D eigenvalue weighted by atomic mass is 28.3. The zero-order valence-electron chi connectivity index (χ0n) is 14.3. The quantitative estimate of drug-likeness (QED) is 0.598. The van der Waals surface area contributed by atoms with Crippen molar-refractivity contribution in [3.05, 3.63) is 72.3 Å². The average Bonchev–Trinajstić information content (AvgIpc) is 2.54. The second-order valence-corrected chi connectivity index (χ2v) is 11.9. The third-order valence-electron chi connectivity index (χ3n) is 4.69. The predicted octanol–water partition coefficient (Wildman–Crippen LogP) is 5.73. The molecule has 2 aromatic carbocycles. The fraction of sp³-hybridized carbons (Fsp3) is 0.333. The van der Waals surface area contributed by atoms with Gasteiger partial charge in [-0.05, 0) is 23.4 Å². The minimum atomic E-state index is -1.43. The van der Waals surface area contributed by atoms with E-state index in [4.69, 9.17) is 0 Å². The highest BCUT2D eigenvalue weighted by Gasteiger charge is 2.32. The molecule has 0 bridgehead atoms. The summed E-state index contributed by atoms with van der Waals surface area (Å²) < 4.78 is 0. The first-order chi connectivity index (χ1) is 10.5. The molecular formula is C21H28Si. The Morgan fingerprint density at radius 1 is 0.909 bits per heavy atom. The minimum absolute atomic E-state index is 0.265. The Hall–Kier alpha value is -1.60. The lowest BCUT2D eigenvalue weighted by Gasteiger charge is -2.34. The van der Waals surface area contributed by atoms with E-state index in [9.17, 15) is 0 Å². The number of hydrogen-bond acceptors (Lipinski definition) is 0. The summed E-state index contributed by atoms with van der Waals surface area (Å²) in [6.45, 7) is 9.70. The molecule has 2 rings (SSSR count). The molecule has 0 heterocycles. The fourth-order valence-electron chi connectivity index (χ4n) is 3.16. The molecular weight excluding hydrogens is 280 g/mol. The Balaban J connectivity index is 2.18. The van der Waals surface area contributed by atoms with Gasteiger partial charge < -0.3 is 0 Å². The Morgan fingerprint density at radius 3 is 2.00 bits per heavy atom. The number of hydrogen-bond donors (Lipinski definition) is 0. The molecule has 0 aliphatic heterocycles. The van der Waals surface area contributed by atoms with E-state index in [2.05, 4.69) is 99.8 Å². The van der Waals surface area contributed by atoms with E-state index >= 15 is 0 Å². The van der Waals surface area contributed by atoms with Crippen LogP contribution in [0, 0.1) is 5.41 Å². The van der Waals surface area contributed by atoms with E-state index in [1.54, 1.807) is 5.19 Å². The molecule has 0 aromatic heterocycles. The lowest BCUT2D eigenvalue weighted by atomic mass is 9.89. The second-order valence-electron chi connectivity index (χ2n) is 7.18. The maximum atomic E-state index is 2.49. The van der Waals surface area contributed by atoms with Crippen molar-refractivity contribution in [2.75, 3.05) is 0 Å². The smallest absolute Gasteiger partial charge is 0.0783 e. The summed E-state index contributed by atoms with van der Waals surface area (Å²) in [7, 11) is -1.43. The molecule has 0 nitrogen and oxygen atoms in total. The van der Waals surface area contributed by atoms with Gasteiger partial charge in [-0.2, -0.15) is 0 Å². The second kappa shape index (κ2) is 7.10. The van der Waals surface area contributed by atoms with Gasteiger partial charge in [-0.3, -0.25) is 0 Å². The van der Waals surface area contributed by atoms with Crippen molar-refractivity contribution >= 4 is 19.3 Å². The van der Waals surface area contributed by atoms with Crippen LogP contribution >= 0.6 is 0 Å². The number of allylic oxidation sites excluding steroid dienone is 1. The first-order valence-corrected chi connectivity index (χ1v) is 11.5. The Kier molecular flexibility index (Phi) is 5.41. The largest absolute Gasteiger partial charge is 0.0814 e. The van der Waals surface area contributed by atoms with Crippen LogP contribution < -0.4 is 5.19 Å². The maximum Gasteiger partial charge on any atom is 0.0814 e. The molecule has 116 valence electrons. The first kappa shape index (κ1) is 16.8. The highest BCUT2D eigenvalue weighted by Crippen LogP contribution is 2.34. The molecule has 0 fully saturated rings. The Labute approximate surface area is 136 Å². The third kappa shape index (κ3) is 4.44. The molecule has 2 aromatic rings. The van der Waals surface area contributed by atoms with Gasteiger partial charge in [0.05, 0.1) is 8.07 Å². The molecule has 0 spiro atoms. The average molecular weight is 309 g/mol. The molecule has 0 saturated heterocycles. The van der Waals surface area contributed by atoms with Crippen molar-refractivity contribution in [2.24, 2.45) is 5.41 Å². The zero-order chi connectivity index (χ0) is 16.1. The van der Waals surface area contributed by atoms with Crippen molar-refractivity contribution in [3.8, 4) is 0 Å². The van der Waals surface area contributed by atoms with E-state index in [0.29, 0.717) is 0 Å². The van der Waals surface area contributed by atoms with Crippen LogP contribution in [0.15, 0.2) is 66.7 Å². The summed E-state index contributed by atoms with van der Waals surface area (Å²) in [5.41, 5.74) is 1.56. The van der Waals surface area contributed by atoms with E-state index in [1.807, 2.05) is 0 Å². The van der Waals surface area contributed by atoms with Crippen LogP contribution in [0.25, 0.3) is 6.08 Å². The van der Waals surface area contributed by atoms with Crippen LogP contribution in [-0.4, -0.2) is 8.07 Å². The van der Waals surface area contributed by atoms with Crippen molar-refractivity contribution in [1.29, 1.82) is 0 Å². The van der Waals surface area contributed by atoms with Crippen molar-refractivity contribution in [2.45, 2.75) is 39.4 Å². The molecule has 0 saturated carbocycles. The van der Waals surface area contributed by atoms with Gasteiger partial charge in [0.15, 0.2) is 0 Å². The standard InChI is InChI=1S/C21H28Si/c1-5-21(2,17-16-19-12-8-6-9-13-19)18-22(3,4)20-14-10-7-11-15-20/h6-17H,5,18H2,1-4H3/b17-16+/t21-/m0/s1. The van der Waals surface area contributed by atoms with Crippen LogP contribution in [0.4, 0.5) is 0 Å². The van der Waals surface area contributed by atoms with Crippen LogP contribution in [0.2, 0.25) is 19.1 Å². The van der Waals surface area contributed by atoms with E-state index in [0.717, 1.165) is 0 Å². The monoisotopic (exact) mass is 308 g/mol. The minimum Gasteiger partial charge on any atom is -0.0783 e. The van der Waals surface area contributed by atoms with Crippen LogP contribution in [-0.2, 0) is 0 Å². The van der Waals surface area contributed by atoms with Crippen LogP contribution in [0.1, 0.15) is 25.8 Å². The van der Waals surface area contributed by atoms with Gasteiger partial charge in [0.25, 0.3) is 0 Å². The van der Waals surface area contributed by atoms with Crippen molar-refractivity contribution in [3.63, 3.8) is 0 Å². The molecule has 1 heteroatoms. The summed E-state index contributed by atoms with van der Waals surface area (Å²) >= 11 is 0. The molecule has 0 radical (unpaired) electrons. The molecule has 0 N–H and O–H groups in total. The van der Waals surface area contributed by atoms with Gasteiger partial charge in [0.1, 0.15) is 0 Å². The lowest BCUT2D eigenvalue weighted by Crippen LogP contribution is -2.44. The molecule has 22 heavy (non-hydrogen) atoms. The normalized spacial score (nSPS) is 14.9. The first-order valence-electron chi connectivity index (χ1n) is 8.25. The van der Waals surface area contributed by atoms with E-state index in [-0.39, 0.29) is 5.41 Å². The highest BCUT2D eigenvalue weighted by molar-refractivity contribution is 6.89. The third-order valence-corrected chi connectivity index (χ3v) is 8.27. The van der Waals surface area contributed by atoms with Gasteiger partial charge in [-0.1, -0.05) is 105 Å². The summed E-state index contributed by atoms with van der Waals surface area (Å²) in [6.07, 6.45) is 5.90.